The Balaban J connectivity index is 1.89. The molecule has 3 rings (SSSR count). The molecule has 0 bridgehead atoms. The number of hydrogen-bond donors (Lipinski definition) is 1. The smallest absolute Gasteiger partial charge is 0.245 e. The summed E-state index contributed by atoms with van der Waals surface area (Å²) in [4.78, 5) is 16.9. The van der Waals surface area contributed by atoms with Crippen LogP contribution in [0.1, 0.15) is 11.1 Å². The van der Waals surface area contributed by atoms with Crippen molar-refractivity contribution >= 4 is 11.6 Å². The third kappa shape index (κ3) is 2.26. The van der Waals surface area contributed by atoms with Gasteiger partial charge in [-0.1, -0.05) is 12.1 Å². The van der Waals surface area contributed by atoms with Gasteiger partial charge in [0.1, 0.15) is 6.04 Å². The molecule has 1 atom stereocenters. The largest absolute Gasteiger partial charge is 0.313 e. The van der Waals surface area contributed by atoms with Gasteiger partial charge in [-0.05, 0) is 31.0 Å². The summed E-state index contributed by atoms with van der Waals surface area (Å²) in [6, 6.07) is 6.34. The maximum Gasteiger partial charge on any atom is 0.245 e. The molecule has 1 aromatic carbocycles. The van der Waals surface area contributed by atoms with Crippen LogP contribution < -0.4 is 10.2 Å². The predicted molar refractivity (Wildman–Crippen MR) is 76.5 cm³/mol. The zero-order valence-corrected chi connectivity index (χ0v) is 11.6. The summed E-state index contributed by atoms with van der Waals surface area (Å²) < 4.78 is 0. The number of hydrogen-bond acceptors (Lipinski definition) is 3. The van der Waals surface area contributed by atoms with Gasteiger partial charge in [0.25, 0.3) is 0 Å². The summed E-state index contributed by atoms with van der Waals surface area (Å²) in [5.41, 5.74) is 3.46. The number of nitrogens with zero attached hydrogens (tertiary/aromatic N) is 2. The van der Waals surface area contributed by atoms with E-state index in [-0.39, 0.29) is 11.9 Å². The van der Waals surface area contributed by atoms with Gasteiger partial charge >= 0.3 is 0 Å². The lowest BCUT2D eigenvalue weighted by Crippen LogP contribution is -2.64. The first kappa shape index (κ1) is 12.6. The third-order valence-corrected chi connectivity index (χ3v) is 4.17. The molecule has 0 aromatic heterocycles. The Kier molecular flexibility index (Phi) is 3.29. The summed E-state index contributed by atoms with van der Waals surface area (Å²) in [6.45, 7) is 8.69. The SMILES string of the molecule is Cc1ccc(C)c(N2CCN3CCNCC3C2=O)c1. The van der Waals surface area contributed by atoms with E-state index in [0.29, 0.717) is 0 Å². The number of carbonyl (C=O) groups is 1. The zero-order valence-electron chi connectivity index (χ0n) is 11.6. The van der Waals surface area contributed by atoms with Crippen LogP contribution in [-0.2, 0) is 4.79 Å². The fourth-order valence-electron chi connectivity index (χ4n) is 3.03. The van der Waals surface area contributed by atoms with E-state index in [4.69, 9.17) is 0 Å². The van der Waals surface area contributed by atoms with Crippen molar-refractivity contribution in [2.24, 2.45) is 0 Å². The molecule has 0 aliphatic carbocycles. The van der Waals surface area contributed by atoms with E-state index >= 15 is 0 Å². The third-order valence-electron chi connectivity index (χ3n) is 4.17. The molecule has 4 heteroatoms. The Hall–Kier alpha value is -1.39. The van der Waals surface area contributed by atoms with Crippen molar-refractivity contribution in [1.82, 2.24) is 10.2 Å². The molecule has 1 unspecified atom stereocenters. The van der Waals surface area contributed by atoms with Gasteiger partial charge in [0, 0.05) is 38.4 Å². The van der Waals surface area contributed by atoms with E-state index in [1.165, 1.54) is 11.1 Å². The zero-order chi connectivity index (χ0) is 13.4. The summed E-state index contributed by atoms with van der Waals surface area (Å²) >= 11 is 0. The molecule has 2 heterocycles. The number of fused-ring (bicyclic) bond motifs is 1. The predicted octanol–water partition coefficient (Wildman–Crippen LogP) is 0.924. The first-order valence-electron chi connectivity index (χ1n) is 7.00. The Morgan fingerprint density at radius 3 is 2.89 bits per heavy atom. The van der Waals surface area contributed by atoms with Crippen LogP contribution in [0.5, 0.6) is 0 Å². The van der Waals surface area contributed by atoms with Crippen LogP contribution in [0.3, 0.4) is 0 Å². The monoisotopic (exact) mass is 259 g/mol. The molecule has 0 saturated carbocycles. The Morgan fingerprint density at radius 1 is 1.21 bits per heavy atom. The first-order valence-corrected chi connectivity index (χ1v) is 7.00. The lowest BCUT2D eigenvalue weighted by atomic mass is 10.0. The second-order valence-electron chi connectivity index (χ2n) is 5.54. The molecule has 2 saturated heterocycles. The van der Waals surface area contributed by atoms with E-state index < -0.39 is 0 Å². The van der Waals surface area contributed by atoms with Crippen molar-refractivity contribution in [1.29, 1.82) is 0 Å². The second-order valence-corrected chi connectivity index (χ2v) is 5.54. The van der Waals surface area contributed by atoms with Gasteiger partial charge in [0.2, 0.25) is 5.91 Å². The molecule has 0 radical (unpaired) electrons. The summed E-state index contributed by atoms with van der Waals surface area (Å²) in [5.74, 6) is 0.243. The molecule has 1 amide bonds. The molecule has 1 N–H and O–H groups in total. The topological polar surface area (TPSA) is 35.6 Å². The van der Waals surface area contributed by atoms with Crippen LogP contribution in [0, 0.1) is 13.8 Å². The normalized spacial score (nSPS) is 24.4. The van der Waals surface area contributed by atoms with Crippen molar-refractivity contribution in [3.63, 3.8) is 0 Å². The van der Waals surface area contributed by atoms with E-state index in [1.807, 2.05) is 4.90 Å². The number of benzene rings is 1. The van der Waals surface area contributed by atoms with Crippen molar-refractivity contribution in [2.45, 2.75) is 19.9 Å². The van der Waals surface area contributed by atoms with E-state index in [1.54, 1.807) is 0 Å². The minimum atomic E-state index is 0.0161. The van der Waals surface area contributed by atoms with Crippen LogP contribution in [-0.4, -0.2) is 49.6 Å². The fourth-order valence-corrected chi connectivity index (χ4v) is 3.03. The molecular weight excluding hydrogens is 238 g/mol. The maximum atomic E-state index is 12.7. The van der Waals surface area contributed by atoms with Crippen LogP contribution in [0.15, 0.2) is 18.2 Å². The molecule has 102 valence electrons. The van der Waals surface area contributed by atoms with Crippen LogP contribution in [0.2, 0.25) is 0 Å². The molecule has 2 aliphatic rings. The number of carbonyl (C=O) groups excluding carboxylic acids is 1. The number of rotatable bonds is 1. The molecule has 2 aliphatic heterocycles. The van der Waals surface area contributed by atoms with Crippen LogP contribution in [0.4, 0.5) is 5.69 Å². The minimum Gasteiger partial charge on any atom is -0.313 e. The fraction of sp³-hybridized carbons (Fsp3) is 0.533. The summed E-state index contributed by atoms with van der Waals surface area (Å²) in [7, 11) is 0. The van der Waals surface area contributed by atoms with Crippen molar-refractivity contribution in [2.75, 3.05) is 37.6 Å². The lowest BCUT2D eigenvalue weighted by Gasteiger charge is -2.43. The summed E-state index contributed by atoms with van der Waals surface area (Å²) in [6.07, 6.45) is 0. The second kappa shape index (κ2) is 4.94. The number of piperazine rings is 2. The van der Waals surface area contributed by atoms with Crippen LogP contribution >= 0.6 is 0 Å². The van der Waals surface area contributed by atoms with Gasteiger partial charge in [-0.3, -0.25) is 9.69 Å². The molecule has 4 nitrogen and oxygen atoms in total. The molecule has 1 aromatic rings. The number of anilines is 1. The minimum absolute atomic E-state index is 0.0161. The maximum absolute atomic E-state index is 12.7. The van der Waals surface area contributed by atoms with E-state index in [0.717, 1.165) is 38.4 Å². The first-order chi connectivity index (χ1) is 9.16. The van der Waals surface area contributed by atoms with Crippen LogP contribution in [0.25, 0.3) is 0 Å². The van der Waals surface area contributed by atoms with Gasteiger partial charge in [-0.15, -0.1) is 0 Å². The summed E-state index contributed by atoms with van der Waals surface area (Å²) in [5, 5.41) is 3.32. The number of amides is 1. The lowest BCUT2D eigenvalue weighted by molar-refractivity contribution is -0.126. The highest BCUT2D eigenvalue weighted by Gasteiger charge is 2.36. The molecule has 0 spiro atoms. The Morgan fingerprint density at radius 2 is 2.05 bits per heavy atom. The van der Waals surface area contributed by atoms with Gasteiger partial charge in [-0.2, -0.15) is 0 Å². The highest BCUT2D eigenvalue weighted by Crippen LogP contribution is 2.25. The van der Waals surface area contributed by atoms with Gasteiger partial charge < -0.3 is 10.2 Å². The molecular formula is C15H21N3O. The average molecular weight is 259 g/mol. The van der Waals surface area contributed by atoms with Gasteiger partial charge in [0.05, 0.1) is 0 Å². The quantitative estimate of drug-likeness (QED) is 0.815. The van der Waals surface area contributed by atoms with Gasteiger partial charge in [-0.25, -0.2) is 0 Å². The standard InChI is InChI=1S/C15H21N3O/c1-11-3-4-12(2)13(9-11)18-8-7-17-6-5-16-10-14(17)15(18)19/h3-4,9,14,16H,5-8,10H2,1-2H3. The number of nitrogens with one attached hydrogen (secondary N) is 1. The highest BCUT2D eigenvalue weighted by atomic mass is 16.2. The van der Waals surface area contributed by atoms with E-state index in [9.17, 15) is 4.79 Å². The van der Waals surface area contributed by atoms with Crippen molar-refractivity contribution in [3.8, 4) is 0 Å². The Labute approximate surface area is 114 Å². The van der Waals surface area contributed by atoms with Crippen molar-refractivity contribution in [3.05, 3.63) is 29.3 Å². The molecule has 2 fully saturated rings. The highest BCUT2D eigenvalue weighted by molar-refractivity contribution is 5.99. The van der Waals surface area contributed by atoms with Gasteiger partial charge in [0.15, 0.2) is 0 Å². The Bertz CT molecular complexity index is 500. The van der Waals surface area contributed by atoms with Crippen molar-refractivity contribution < 1.29 is 4.79 Å². The molecule has 19 heavy (non-hydrogen) atoms. The van der Waals surface area contributed by atoms with E-state index in [2.05, 4.69) is 42.3 Å². The number of aryl methyl sites for hydroxylation is 2. The average Bonchev–Trinajstić information content (AvgIpc) is 2.43.